The summed E-state index contributed by atoms with van der Waals surface area (Å²) in [5.41, 5.74) is 3.42. The number of hydrogen-bond acceptors (Lipinski definition) is 7. The van der Waals surface area contributed by atoms with Gasteiger partial charge in [-0.05, 0) is 93.2 Å². The zero-order valence-corrected chi connectivity index (χ0v) is 22.4. The summed E-state index contributed by atoms with van der Waals surface area (Å²) in [6.45, 7) is 2.34. The van der Waals surface area contributed by atoms with E-state index in [0.29, 0.717) is 22.4 Å². The van der Waals surface area contributed by atoms with Gasteiger partial charge in [0.05, 0.1) is 16.8 Å². The number of hydrogen-bond donors (Lipinski definition) is 4. The molecule has 0 fully saturated rings. The molecule has 2 aliphatic rings. The molecule has 4 rings (SSSR count). The molecule has 1 heterocycles. The van der Waals surface area contributed by atoms with Crippen molar-refractivity contribution in [2.45, 2.75) is 87.7 Å². The Balaban J connectivity index is 1.01. The van der Waals surface area contributed by atoms with Gasteiger partial charge in [0.1, 0.15) is 0 Å². The fourth-order valence-corrected chi connectivity index (χ4v) is 7.13. The van der Waals surface area contributed by atoms with Gasteiger partial charge in [-0.1, -0.05) is 31.0 Å². The number of sulfone groups is 1. The Bertz CT molecular complexity index is 1150. The van der Waals surface area contributed by atoms with Gasteiger partial charge in [0.2, 0.25) is 0 Å². The van der Waals surface area contributed by atoms with Crippen LogP contribution in [0.4, 0.5) is 0 Å². The molecule has 2 atom stereocenters. The monoisotopic (exact) mass is 531 g/mol. The number of unbranched alkanes of at least 4 members (excludes halogenated alkanes) is 4. The zero-order valence-electron chi connectivity index (χ0n) is 21.6. The van der Waals surface area contributed by atoms with E-state index in [1.807, 2.05) is 12.1 Å². The smallest absolute Gasteiger partial charge is 0.178 e. The predicted molar refractivity (Wildman–Crippen MR) is 144 cm³/mol. The lowest BCUT2D eigenvalue weighted by Gasteiger charge is -2.31. The summed E-state index contributed by atoms with van der Waals surface area (Å²) < 4.78 is 30.3. The Labute approximate surface area is 220 Å². The molecule has 37 heavy (non-hydrogen) atoms. The van der Waals surface area contributed by atoms with E-state index >= 15 is 0 Å². The number of phenols is 2. The van der Waals surface area contributed by atoms with Crippen LogP contribution in [0.3, 0.4) is 0 Å². The van der Waals surface area contributed by atoms with Gasteiger partial charge in [0.15, 0.2) is 21.3 Å². The topological polar surface area (TPSA) is 116 Å². The number of benzene rings is 2. The minimum absolute atomic E-state index is 0.0366. The summed E-state index contributed by atoms with van der Waals surface area (Å²) in [5.74, 6) is 0.0287. The van der Waals surface area contributed by atoms with Crippen molar-refractivity contribution in [1.82, 2.24) is 5.32 Å². The van der Waals surface area contributed by atoms with E-state index in [1.165, 1.54) is 6.07 Å². The van der Waals surface area contributed by atoms with Crippen molar-refractivity contribution in [1.29, 1.82) is 0 Å². The molecule has 0 bridgehead atoms. The predicted octanol–water partition coefficient (Wildman–Crippen LogP) is 4.36. The number of aryl methyl sites for hydroxylation is 2. The molecule has 204 valence electrons. The highest BCUT2D eigenvalue weighted by molar-refractivity contribution is 7.91. The lowest BCUT2D eigenvalue weighted by Crippen LogP contribution is -2.38. The minimum Gasteiger partial charge on any atom is -0.504 e. The molecular weight excluding hydrogens is 490 g/mol. The molecule has 0 saturated carbocycles. The Morgan fingerprint density at radius 2 is 1.73 bits per heavy atom. The maximum Gasteiger partial charge on any atom is 0.178 e. The summed E-state index contributed by atoms with van der Waals surface area (Å²) in [4.78, 5) is 0.546. The fraction of sp³-hybridized carbons (Fsp3) is 0.586. The average Bonchev–Trinajstić information content (AvgIpc) is 2.88. The number of aliphatic hydroxyl groups excluding tert-OH is 1. The second-order valence-corrected chi connectivity index (χ2v) is 12.5. The summed E-state index contributed by atoms with van der Waals surface area (Å²) in [5, 5.41) is 33.8. The lowest BCUT2D eigenvalue weighted by atomic mass is 9.85. The van der Waals surface area contributed by atoms with Crippen LogP contribution in [0.25, 0.3) is 0 Å². The van der Waals surface area contributed by atoms with Crippen LogP contribution in [-0.4, -0.2) is 55.3 Å². The molecule has 1 aliphatic carbocycles. The number of phenolic OH excluding ortho intramolecular Hbond substituents is 2. The van der Waals surface area contributed by atoms with Gasteiger partial charge in [0, 0.05) is 24.8 Å². The van der Waals surface area contributed by atoms with E-state index in [4.69, 9.17) is 4.74 Å². The molecule has 0 spiro atoms. The van der Waals surface area contributed by atoms with Gasteiger partial charge in [-0.15, -0.1) is 0 Å². The number of nitrogens with one attached hydrogen (secondary N) is 1. The second-order valence-electron chi connectivity index (χ2n) is 10.4. The van der Waals surface area contributed by atoms with Crippen molar-refractivity contribution in [3.8, 4) is 11.5 Å². The van der Waals surface area contributed by atoms with Crippen molar-refractivity contribution in [3.05, 3.63) is 52.6 Å². The largest absolute Gasteiger partial charge is 0.504 e. The van der Waals surface area contributed by atoms with Crippen molar-refractivity contribution in [3.63, 3.8) is 0 Å². The normalized spacial score (nSPS) is 20.4. The van der Waals surface area contributed by atoms with E-state index in [1.54, 1.807) is 6.07 Å². The van der Waals surface area contributed by atoms with Crippen molar-refractivity contribution < 1.29 is 28.5 Å². The summed E-state index contributed by atoms with van der Waals surface area (Å²) in [6.07, 6.45) is 9.38. The molecule has 2 aromatic carbocycles. The van der Waals surface area contributed by atoms with Gasteiger partial charge in [-0.2, -0.15) is 0 Å². The summed E-state index contributed by atoms with van der Waals surface area (Å²) in [7, 11) is -3.10. The molecule has 1 aliphatic heterocycles. The van der Waals surface area contributed by atoms with Crippen LogP contribution in [0.15, 0.2) is 35.2 Å². The Kier molecular flexibility index (Phi) is 9.87. The molecule has 2 aromatic rings. The van der Waals surface area contributed by atoms with Crippen LogP contribution < -0.4 is 5.32 Å². The number of aliphatic hydroxyl groups is 1. The number of aromatic hydroxyl groups is 2. The maximum absolute atomic E-state index is 12.3. The van der Waals surface area contributed by atoms with Gasteiger partial charge in [-0.25, -0.2) is 8.42 Å². The summed E-state index contributed by atoms with van der Waals surface area (Å²) in [6, 6.07) is 9.03. The first kappa shape index (κ1) is 27.9. The molecule has 0 radical (unpaired) electrons. The third-order valence-corrected chi connectivity index (χ3v) is 9.53. The first-order valence-electron chi connectivity index (χ1n) is 13.7. The first-order chi connectivity index (χ1) is 17.9. The van der Waals surface area contributed by atoms with Crippen LogP contribution in [0.1, 0.15) is 79.7 Å². The highest BCUT2D eigenvalue weighted by Gasteiger charge is 2.30. The maximum atomic E-state index is 12.3. The van der Waals surface area contributed by atoms with Gasteiger partial charge < -0.3 is 25.4 Å². The Morgan fingerprint density at radius 3 is 2.57 bits per heavy atom. The van der Waals surface area contributed by atoms with Crippen LogP contribution in [0.2, 0.25) is 0 Å². The third-order valence-electron chi connectivity index (χ3n) is 7.65. The fourth-order valence-electron chi connectivity index (χ4n) is 5.49. The van der Waals surface area contributed by atoms with Gasteiger partial charge in [-0.3, -0.25) is 0 Å². The van der Waals surface area contributed by atoms with Crippen molar-refractivity contribution in [2.24, 2.45) is 0 Å². The molecular formula is C29H41NO6S. The van der Waals surface area contributed by atoms with Crippen LogP contribution >= 0.6 is 0 Å². The van der Waals surface area contributed by atoms with E-state index in [2.05, 4.69) is 11.4 Å². The van der Waals surface area contributed by atoms with Crippen LogP contribution in [0.5, 0.6) is 11.5 Å². The van der Waals surface area contributed by atoms with E-state index < -0.39 is 15.9 Å². The highest BCUT2D eigenvalue weighted by atomic mass is 32.2. The van der Waals surface area contributed by atoms with Gasteiger partial charge >= 0.3 is 0 Å². The van der Waals surface area contributed by atoms with Gasteiger partial charge in [0.25, 0.3) is 0 Å². The second kappa shape index (κ2) is 13.1. The quantitative estimate of drug-likeness (QED) is 0.224. The molecule has 0 unspecified atom stereocenters. The lowest BCUT2D eigenvalue weighted by molar-refractivity contribution is 0.113. The zero-order chi connectivity index (χ0) is 26.3. The van der Waals surface area contributed by atoms with E-state index in [-0.39, 0.29) is 23.3 Å². The van der Waals surface area contributed by atoms with Crippen LogP contribution in [0, 0.1) is 0 Å². The Hall–Kier alpha value is -2.13. The third kappa shape index (κ3) is 7.25. The summed E-state index contributed by atoms with van der Waals surface area (Å²) >= 11 is 0. The standard InChI is InChI=1S/C29H41NO6S/c31-26-15-13-23-24(29(26)33)12-14-25(28(23)32)30-16-4-1-2-5-17-36-18-6-3-8-21-10-11-22-9-7-19-37(34,35)27(22)20-21/h10-11,13,15,20,25,28,30-33H,1-9,12,14,16-19H2/t25-,28-/m1/s1. The molecule has 7 nitrogen and oxygen atoms in total. The molecule has 8 heteroatoms. The highest BCUT2D eigenvalue weighted by Crippen LogP contribution is 2.39. The van der Waals surface area contributed by atoms with Crippen molar-refractivity contribution >= 4 is 9.84 Å². The molecule has 0 saturated heterocycles. The number of fused-ring (bicyclic) bond motifs is 2. The number of ether oxygens (including phenoxy) is 1. The molecule has 0 amide bonds. The number of rotatable bonds is 13. The van der Waals surface area contributed by atoms with Crippen LogP contribution in [-0.2, 0) is 33.8 Å². The minimum atomic E-state index is -3.10. The first-order valence-corrected chi connectivity index (χ1v) is 15.4. The molecule has 0 aromatic heterocycles. The van der Waals surface area contributed by atoms with E-state index in [0.717, 1.165) is 95.1 Å². The van der Waals surface area contributed by atoms with E-state index in [9.17, 15) is 23.7 Å². The molecule has 4 N–H and O–H groups in total. The average molecular weight is 532 g/mol. The SMILES string of the molecule is O=S1(=O)CCCc2ccc(CCCCOCCCCCCN[C@@H]3CCc4c(ccc(O)c4O)[C@H]3O)cc21. The Morgan fingerprint density at radius 1 is 0.946 bits per heavy atom. The van der Waals surface area contributed by atoms with Crippen molar-refractivity contribution in [2.75, 3.05) is 25.5 Å².